The Balaban J connectivity index is 2.29. The minimum absolute atomic E-state index is 0.0396. The summed E-state index contributed by atoms with van der Waals surface area (Å²) in [6, 6.07) is 4.14. The molecule has 0 aromatic heterocycles. The third-order valence-corrected chi connectivity index (χ3v) is 4.36. The summed E-state index contributed by atoms with van der Waals surface area (Å²) in [6.45, 7) is 0.519. The lowest BCUT2D eigenvalue weighted by atomic mass is 10.0. The molecule has 21 heavy (non-hydrogen) atoms. The molecule has 0 saturated heterocycles. The van der Waals surface area contributed by atoms with Crippen molar-refractivity contribution in [2.24, 2.45) is 11.7 Å². The van der Waals surface area contributed by atoms with Crippen LogP contribution in [0.1, 0.15) is 29.6 Å². The molecule has 1 fully saturated rings. The topological polar surface area (TPSA) is 89.5 Å². The van der Waals surface area contributed by atoms with Crippen molar-refractivity contribution >= 4 is 23.2 Å². The fraction of sp³-hybridized carbons (Fsp3) is 0.500. The van der Waals surface area contributed by atoms with E-state index in [0.717, 1.165) is 19.3 Å². The van der Waals surface area contributed by atoms with Gasteiger partial charge in [-0.3, -0.25) is 14.9 Å². The minimum atomic E-state index is -0.581. The predicted molar refractivity (Wildman–Crippen MR) is 80.4 cm³/mol. The molecule has 1 aliphatic rings. The maximum Gasteiger partial charge on any atom is 0.283 e. The Hall–Kier alpha value is -1.66. The smallest absolute Gasteiger partial charge is 0.283 e. The van der Waals surface area contributed by atoms with Crippen LogP contribution in [-0.4, -0.2) is 35.4 Å². The van der Waals surface area contributed by atoms with E-state index in [1.165, 1.54) is 18.2 Å². The molecule has 7 heteroatoms. The molecule has 0 heterocycles. The molecule has 2 N–H and O–H groups in total. The average molecular weight is 312 g/mol. The molecular weight excluding hydrogens is 294 g/mol. The summed E-state index contributed by atoms with van der Waals surface area (Å²) < 4.78 is 0. The summed E-state index contributed by atoms with van der Waals surface area (Å²) in [6.07, 6.45) is 2.89. The van der Waals surface area contributed by atoms with Crippen LogP contribution in [0.3, 0.4) is 0 Å². The van der Waals surface area contributed by atoms with E-state index in [-0.39, 0.29) is 34.1 Å². The number of carbonyl (C=O) groups is 1. The van der Waals surface area contributed by atoms with E-state index in [1.807, 2.05) is 0 Å². The number of nitro groups is 1. The second-order valence-electron chi connectivity index (χ2n) is 5.33. The highest BCUT2D eigenvalue weighted by molar-refractivity contribution is 6.31. The van der Waals surface area contributed by atoms with Crippen molar-refractivity contribution in [3.8, 4) is 0 Å². The largest absolute Gasteiger partial charge is 0.338 e. The maximum absolute atomic E-state index is 12.6. The molecule has 1 saturated carbocycles. The molecule has 2 unspecified atom stereocenters. The first-order chi connectivity index (χ1) is 9.95. The van der Waals surface area contributed by atoms with Gasteiger partial charge in [0.25, 0.3) is 11.6 Å². The van der Waals surface area contributed by atoms with Crippen molar-refractivity contribution in [2.75, 3.05) is 13.6 Å². The van der Waals surface area contributed by atoms with Gasteiger partial charge in [-0.2, -0.15) is 0 Å². The maximum atomic E-state index is 12.6. The van der Waals surface area contributed by atoms with E-state index in [0.29, 0.717) is 6.54 Å². The molecule has 2 atom stereocenters. The average Bonchev–Trinajstić information content (AvgIpc) is 2.94. The Bertz CT molecular complexity index is 564. The van der Waals surface area contributed by atoms with Gasteiger partial charge in [0.2, 0.25) is 0 Å². The molecule has 1 aromatic rings. The van der Waals surface area contributed by atoms with Crippen LogP contribution in [0.15, 0.2) is 18.2 Å². The molecule has 1 amide bonds. The number of rotatable bonds is 4. The van der Waals surface area contributed by atoms with Crippen LogP contribution in [0.5, 0.6) is 0 Å². The number of hydrogen-bond acceptors (Lipinski definition) is 4. The molecule has 0 spiro atoms. The van der Waals surface area contributed by atoms with Gasteiger partial charge in [-0.1, -0.05) is 18.0 Å². The van der Waals surface area contributed by atoms with E-state index in [9.17, 15) is 14.9 Å². The number of halogens is 1. The van der Waals surface area contributed by atoms with Gasteiger partial charge in [-0.15, -0.1) is 0 Å². The lowest BCUT2D eigenvalue weighted by Crippen LogP contribution is -2.41. The number of nitro benzene ring substituents is 1. The van der Waals surface area contributed by atoms with E-state index in [4.69, 9.17) is 17.3 Å². The fourth-order valence-corrected chi connectivity index (χ4v) is 3.15. The Kier molecular flexibility index (Phi) is 4.80. The van der Waals surface area contributed by atoms with Crippen molar-refractivity contribution < 1.29 is 9.72 Å². The van der Waals surface area contributed by atoms with Gasteiger partial charge in [0.1, 0.15) is 5.56 Å². The van der Waals surface area contributed by atoms with Crippen molar-refractivity contribution in [1.29, 1.82) is 0 Å². The molecule has 0 radical (unpaired) electrons. The number of amides is 1. The van der Waals surface area contributed by atoms with Gasteiger partial charge in [-0.25, -0.2) is 0 Å². The summed E-state index contributed by atoms with van der Waals surface area (Å²) in [5, 5.41) is 11.3. The highest BCUT2D eigenvalue weighted by Gasteiger charge is 2.34. The second-order valence-corrected chi connectivity index (χ2v) is 5.77. The number of hydrogen-bond donors (Lipinski definition) is 1. The molecule has 6 nitrogen and oxygen atoms in total. The Morgan fingerprint density at radius 1 is 1.52 bits per heavy atom. The monoisotopic (exact) mass is 311 g/mol. The fourth-order valence-electron chi connectivity index (χ4n) is 2.98. The highest BCUT2D eigenvalue weighted by Crippen LogP contribution is 2.31. The standard InChI is InChI=1S/C14H18ClN3O3/c1-17(12-4-2-3-9(12)8-16)14(19)11-6-5-10(15)7-13(11)18(20)21/h5-7,9,12H,2-4,8,16H2,1H3. The van der Waals surface area contributed by atoms with Crippen molar-refractivity contribution in [1.82, 2.24) is 4.90 Å². The van der Waals surface area contributed by atoms with Crippen molar-refractivity contribution in [3.05, 3.63) is 38.9 Å². The molecular formula is C14H18ClN3O3. The normalized spacial score (nSPS) is 21.3. The van der Waals surface area contributed by atoms with Crippen LogP contribution in [0, 0.1) is 16.0 Å². The van der Waals surface area contributed by atoms with Crippen LogP contribution in [0.25, 0.3) is 0 Å². The van der Waals surface area contributed by atoms with Crippen LogP contribution in [0.4, 0.5) is 5.69 Å². The predicted octanol–water partition coefficient (Wildman–Crippen LogP) is 2.45. The summed E-state index contributed by atoms with van der Waals surface area (Å²) in [5.74, 6) is -0.103. The third-order valence-electron chi connectivity index (χ3n) is 4.13. The van der Waals surface area contributed by atoms with Crippen molar-refractivity contribution in [2.45, 2.75) is 25.3 Å². The molecule has 1 aromatic carbocycles. The van der Waals surface area contributed by atoms with Crippen molar-refractivity contribution in [3.63, 3.8) is 0 Å². The molecule has 0 aliphatic heterocycles. The summed E-state index contributed by atoms with van der Waals surface area (Å²) in [4.78, 5) is 24.7. The summed E-state index contributed by atoms with van der Waals surface area (Å²) in [7, 11) is 1.68. The van der Waals surface area contributed by atoms with Gasteiger partial charge in [0, 0.05) is 24.2 Å². The van der Waals surface area contributed by atoms with Crippen LogP contribution >= 0.6 is 11.6 Å². The lowest BCUT2D eigenvalue weighted by Gasteiger charge is -2.29. The van der Waals surface area contributed by atoms with E-state index < -0.39 is 4.92 Å². The van der Waals surface area contributed by atoms with E-state index in [2.05, 4.69) is 0 Å². The molecule has 114 valence electrons. The molecule has 0 bridgehead atoms. The van der Waals surface area contributed by atoms with Gasteiger partial charge in [0.15, 0.2) is 0 Å². The van der Waals surface area contributed by atoms with Gasteiger partial charge >= 0.3 is 0 Å². The Morgan fingerprint density at radius 3 is 2.86 bits per heavy atom. The first kappa shape index (κ1) is 15.7. The Morgan fingerprint density at radius 2 is 2.24 bits per heavy atom. The van der Waals surface area contributed by atoms with E-state index >= 15 is 0 Å². The lowest BCUT2D eigenvalue weighted by molar-refractivity contribution is -0.385. The van der Waals surface area contributed by atoms with Crippen LogP contribution in [0.2, 0.25) is 5.02 Å². The number of carbonyl (C=O) groups excluding carboxylic acids is 1. The SMILES string of the molecule is CN(C(=O)c1ccc(Cl)cc1[N+](=O)[O-])C1CCCC1CN. The summed E-state index contributed by atoms with van der Waals surface area (Å²) >= 11 is 5.77. The third kappa shape index (κ3) is 3.16. The molecule has 2 rings (SSSR count). The second kappa shape index (κ2) is 6.41. The summed E-state index contributed by atoms with van der Waals surface area (Å²) in [5.41, 5.74) is 5.54. The minimum Gasteiger partial charge on any atom is -0.338 e. The zero-order chi connectivity index (χ0) is 15.6. The zero-order valence-electron chi connectivity index (χ0n) is 11.8. The highest BCUT2D eigenvalue weighted by atomic mass is 35.5. The van der Waals surface area contributed by atoms with Gasteiger partial charge in [0.05, 0.1) is 4.92 Å². The van der Waals surface area contributed by atoms with E-state index in [1.54, 1.807) is 11.9 Å². The van der Waals surface area contributed by atoms with Gasteiger partial charge < -0.3 is 10.6 Å². The molecule has 1 aliphatic carbocycles. The first-order valence-electron chi connectivity index (χ1n) is 6.87. The number of nitrogens with two attached hydrogens (primary N) is 1. The first-order valence-corrected chi connectivity index (χ1v) is 7.24. The van der Waals surface area contributed by atoms with Crippen LogP contribution < -0.4 is 5.73 Å². The number of nitrogens with zero attached hydrogens (tertiary/aromatic N) is 2. The zero-order valence-corrected chi connectivity index (χ0v) is 12.5. The van der Waals surface area contributed by atoms with Crippen LogP contribution in [-0.2, 0) is 0 Å². The number of benzene rings is 1. The van der Waals surface area contributed by atoms with Gasteiger partial charge in [-0.05, 0) is 37.4 Å². The quantitative estimate of drug-likeness (QED) is 0.683. The Labute approximate surface area is 128 Å².